The van der Waals surface area contributed by atoms with Crippen LogP contribution >= 0.6 is 0 Å². The lowest BCUT2D eigenvalue weighted by Crippen LogP contribution is -2.47. The maximum Gasteiger partial charge on any atom is 0.410 e. The van der Waals surface area contributed by atoms with Crippen LogP contribution in [-0.4, -0.2) is 75.5 Å². The van der Waals surface area contributed by atoms with Crippen molar-refractivity contribution in [2.75, 3.05) is 13.1 Å². The highest BCUT2D eigenvalue weighted by Crippen LogP contribution is 2.35. The largest absolute Gasteiger partial charge is 0.478 e. The van der Waals surface area contributed by atoms with Gasteiger partial charge in [0.1, 0.15) is 11.1 Å². The number of pyridine rings is 1. The molecule has 1 saturated carbocycles. The molecule has 3 heterocycles. The van der Waals surface area contributed by atoms with E-state index < -0.39 is 33.2 Å². The lowest BCUT2D eigenvalue weighted by molar-refractivity contribution is 0.0212. The van der Waals surface area contributed by atoms with Crippen molar-refractivity contribution in [2.24, 2.45) is 0 Å². The number of sulfonamides is 1. The van der Waals surface area contributed by atoms with Crippen molar-refractivity contribution >= 4 is 43.9 Å². The van der Waals surface area contributed by atoms with E-state index in [4.69, 9.17) is 4.74 Å². The predicted octanol–water partition coefficient (Wildman–Crippen LogP) is 3.26. The van der Waals surface area contributed by atoms with Crippen LogP contribution in [0, 0.1) is 0 Å². The number of nitrogens with zero attached hydrogens (tertiary/aromatic N) is 2. The number of hydrogen-bond acceptors (Lipinski definition) is 6. The Kier molecular flexibility index (Phi) is 6.06. The highest BCUT2D eigenvalue weighted by atomic mass is 32.2. The summed E-state index contributed by atoms with van der Waals surface area (Å²) in [5.74, 6) is -1.23. The second-order valence-electron chi connectivity index (χ2n) is 10.7. The average Bonchev–Trinajstić information content (AvgIpc) is 3.34. The van der Waals surface area contributed by atoms with Gasteiger partial charge < -0.3 is 24.7 Å². The molecule has 0 unspecified atom stereocenters. The molecular formula is C25H30N4O7S. The van der Waals surface area contributed by atoms with Gasteiger partial charge in [-0.2, -0.15) is 4.31 Å². The maximum absolute atomic E-state index is 13.9. The van der Waals surface area contributed by atoms with Gasteiger partial charge in [0.05, 0.1) is 10.5 Å². The van der Waals surface area contributed by atoms with E-state index in [1.807, 2.05) is 0 Å². The Balaban J connectivity index is 1.52. The first kappa shape index (κ1) is 25.3. The molecule has 0 radical (unpaired) electrons. The second kappa shape index (κ2) is 8.88. The van der Waals surface area contributed by atoms with Gasteiger partial charge in [0, 0.05) is 47.7 Å². The highest BCUT2D eigenvalue weighted by Gasteiger charge is 2.42. The third-order valence-electron chi connectivity index (χ3n) is 6.80. The number of benzene rings is 1. The number of H-pyrrole nitrogens is 2. The van der Waals surface area contributed by atoms with Crippen molar-refractivity contribution < 1.29 is 27.9 Å². The first-order valence-corrected chi connectivity index (χ1v) is 13.7. The van der Waals surface area contributed by atoms with Crippen LogP contribution in [0.25, 0.3) is 21.8 Å². The molecule has 1 atom stereocenters. The predicted molar refractivity (Wildman–Crippen MR) is 136 cm³/mol. The second-order valence-corrected chi connectivity index (χ2v) is 12.6. The molecule has 3 N–H and O–H groups in total. The van der Waals surface area contributed by atoms with Crippen LogP contribution in [0.2, 0.25) is 0 Å². The molecule has 2 aliphatic rings. The summed E-state index contributed by atoms with van der Waals surface area (Å²) in [6.45, 7) is 6.03. The molecule has 12 heteroatoms. The topological polar surface area (TPSA) is 153 Å². The monoisotopic (exact) mass is 530 g/mol. The number of aromatic nitrogens is 2. The number of aromatic carboxylic acids is 1. The van der Waals surface area contributed by atoms with Gasteiger partial charge in [-0.25, -0.2) is 18.0 Å². The number of amides is 1. The molecule has 3 aromatic rings. The number of ether oxygens (including phenoxy) is 1. The maximum atomic E-state index is 13.9. The minimum absolute atomic E-state index is 0.000368. The fourth-order valence-electron chi connectivity index (χ4n) is 4.97. The zero-order chi connectivity index (χ0) is 26.7. The number of carboxylic acid groups (broad SMARTS) is 1. The number of rotatable bonds is 6. The summed E-state index contributed by atoms with van der Waals surface area (Å²) in [6.07, 6.45) is 3.66. The molecule has 1 saturated heterocycles. The molecule has 198 valence electrons. The molecule has 5 rings (SSSR count). The molecule has 1 aliphatic heterocycles. The van der Waals surface area contributed by atoms with Crippen LogP contribution in [-0.2, 0) is 14.8 Å². The van der Waals surface area contributed by atoms with Crippen LogP contribution in [0.3, 0.4) is 0 Å². The molecule has 0 bridgehead atoms. The quantitative estimate of drug-likeness (QED) is 0.442. The summed E-state index contributed by atoms with van der Waals surface area (Å²) in [7, 11) is -3.99. The van der Waals surface area contributed by atoms with E-state index in [-0.39, 0.29) is 40.0 Å². The minimum atomic E-state index is -3.99. The van der Waals surface area contributed by atoms with E-state index in [2.05, 4.69) is 9.97 Å². The Hall–Kier alpha value is -3.38. The normalized spacial score (nSPS) is 18.7. The molecule has 0 spiro atoms. The van der Waals surface area contributed by atoms with E-state index >= 15 is 0 Å². The number of likely N-dealkylation sites (tertiary alicyclic amines) is 1. The van der Waals surface area contributed by atoms with E-state index in [1.165, 1.54) is 28.7 Å². The molecule has 2 fully saturated rings. The highest BCUT2D eigenvalue weighted by molar-refractivity contribution is 7.89. The summed E-state index contributed by atoms with van der Waals surface area (Å²) in [6, 6.07) is 3.84. The number of nitrogens with one attached hydrogen (secondary N) is 2. The number of hydrogen-bond donors (Lipinski definition) is 3. The molecule has 2 aromatic heterocycles. The Labute approximate surface area is 213 Å². The van der Waals surface area contributed by atoms with Crippen LogP contribution in [0.5, 0.6) is 0 Å². The fraction of sp³-hybridized carbons (Fsp3) is 0.480. The summed E-state index contributed by atoms with van der Waals surface area (Å²) in [5.41, 5.74) is -0.857. The Morgan fingerprint density at radius 2 is 1.95 bits per heavy atom. The molecule has 37 heavy (non-hydrogen) atoms. The van der Waals surface area contributed by atoms with Gasteiger partial charge in [0.15, 0.2) is 0 Å². The van der Waals surface area contributed by atoms with Crippen molar-refractivity contribution in [3.8, 4) is 0 Å². The molecule has 1 aliphatic carbocycles. The third kappa shape index (κ3) is 4.71. The SMILES string of the molecule is CC(C)(C)OC(=O)N1CCC[C@H]1CN(C1CC1)S(=O)(=O)c1ccc2[nH]c(=O)c3[nH]cc(C(=O)O)c3c2c1. The Morgan fingerprint density at radius 1 is 1.22 bits per heavy atom. The van der Waals surface area contributed by atoms with E-state index in [0.717, 1.165) is 19.3 Å². The zero-order valence-electron chi connectivity index (χ0n) is 20.9. The lowest BCUT2D eigenvalue weighted by Gasteiger charge is -2.32. The molecule has 11 nitrogen and oxygen atoms in total. The molecular weight excluding hydrogens is 500 g/mol. The van der Waals surface area contributed by atoms with E-state index in [1.54, 1.807) is 25.7 Å². The van der Waals surface area contributed by atoms with Gasteiger partial charge in [-0.05, 0) is 64.7 Å². The van der Waals surface area contributed by atoms with Crippen molar-refractivity contribution in [3.63, 3.8) is 0 Å². The number of fused-ring (bicyclic) bond motifs is 3. The fourth-order valence-corrected chi connectivity index (χ4v) is 6.72. The van der Waals surface area contributed by atoms with Crippen molar-refractivity contribution in [1.82, 2.24) is 19.2 Å². The smallest absolute Gasteiger partial charge is 0.410 e. The van der Waals surface area contributed by atoms with Crippen LogP contribution < -0.4 is 5.56 Å². The number of carbonyl (C=O) groups excluding carboxylic acids is 1. The van der Waals surface area contributed by atoms with Crippen LogP contribution in [0.4, 0.5) is 4.79 Å². The summed E-state index contributed by atoms with van der Waals surface area (Å²) >= 11 is 0. The summed E-state index contributed by atoms with van der Waals surface area (Å²) in [4.78, 5) is 44.0. The van der Waals surface area contributed by atoms with Crippen molar-refractivity contribution in [1.29, 1.82) is 0 Å². The Morgan fingerprint density at radius 3 is 2.59 bits per heavy atom. The molecule has 1 amide bonds. The lowest BCUT2D eigenvalue weighted by atomic mass is 10.1. The number of carbonyl (C=O) groups is 2. The van der Waals surface area contributed by atoms with Gasteiger partial charge in [-0.15, -0.1) is 0 Å². The van der Waals surface area contributed by atoms with Crippen molar-refractivity contribution in [3.05, 3.63) is 40.3 Å². The van der Waals surface area contributed by atoms with Crippen LogP contribution in [0.15, 0.2) is 34.1 Å². The summed E-state index contributed by atoms with van der Waals surface area (Å²) in [5, 5.41) is 10.1. The zero-order valence-corrected chi connectivity index (χ0v) is 21.7. The standard InChI is InChI=1S/C25H30N4O7S/c1-25(2,3)36-24(33)28-10-4-5-15(28)13-29(14-6-7-14)37(34,35)16-8-9-19-17(11-16)20-18(23(31)32)12-26-21(20)22(30)27-19/h8-9,11-12,14-15,26H,4-7,10,13H2,1-3H3,(H,27,30)(H,31,32)/t15-/m0/s1. The van der Waals surface area contributed by atoms with Crippen LogP contribution in [0.1, 0.15) is 56.8 Å². The Bertz CT molecular complexity index is 1560. The van der Waals surface area contributed by atoms with E-state index in [0.29, 0.717) is 23.9 Å². The van der Waals surface area contributed by atoms with Gasteiger partial charge >= 0.3 is 12.1 Å². The number of carboxylic acids is 1. The van der Waals surface area contributed by atoms with E-state index in [9.17, 15) is 27.9 Å². The van der Waals surface area contributed by atoms with Gasteiger partial charge in [-0.1, -0.05) is 0 Å². The third-order valence-corrected chi connectivity index (χ3v) is 8.72. The van der Waals surface area contributed by atoms with Crippen molar-refractivity contribution in [2.45, 2.75) is 69.0 Å². The van der Waals surface area contributed by atoms with Gasteiger partial charge in [0.25, 0.3) is 5.56 Å². The first-order valence-electron chi connectivity index (χ1n) is 12.3. The van der Waals surface area contributed by atoms with Gasteiger partial charge in [0.2, 0.25) is 10.0 Å². The van der Waals surface area contributed by atoms with Gasteiger partial charge in [-0.3, -0.25) is 4.79 Å². The first-order chi connectivity index (χ1) is 17.4. The summed E-state index contributed by atoms with van der Waals surface area (Å²) < 4.78 is 34.8. The molecule has 1 aromatic carbocycles. The number of aromatic amines is 2. The average molecular weight is 531 g/mol. The minimum Gasteiger partial charge on any atom is -0.478 e.